The number of methoxy groups -OCH3 is 1. The average molecular weight is 403 g/mol. The van der Waals surface area contributed by atoms with Crippen molar-refractivity contribution in [3.05, 3.63) is 53.6 Å². The fourth-order valence-electron chi connectivity index (χ4n) is 2.43. The average Bonchev–Trinajstić information content (AvgIpc) is 3.02. The minimum atomic E-state index is -0.351. The van der Waals surface area contributed by atoms with Crippen LogP contribution in [0.2, 0.25) is 5.02 Å². The van der Waals surface area contributed by atoms with Crippen LogP contribution in [0.5, 0.6) is 5.75 Å². The van der Waals surface area contributed by atoms with Crippen LogP contribution in [0.25, 0.3) is 11.4 Å². The third-order valence-corrected chi connectivity index (χ3v) is 5.30. The molecule has 0 spiro atoms. The maximum absolute atomic E-state index is 12.4. The molecule has 3 rings (SSSR count). The molecule has 27 heavy (non-hydrogen) atoms. The van der Waals surface area contributed by atoms with Gasteiger partial charge in [0.2, 0.25) is 5.91 Å². The van der Waals surface area contributed by atoms with Crippen LogP contribution in [0.1, 0.15) is 6.92 Å². The molecular weight excluding hydrogens is 384 g/mol. The summed E-state index contributed by atoms with van der Waals surface area (Å²) in [7, 11) is 3.51. The number of benzene rings is 2. The van der Waals surface area contributed by atoms with Gasteiger partial charge in [0.1, 0.15) is 5.75 Å². The molecule has 1 aromatic heterocycles. The first-order valence-corrected chi connectivity index (χ1v) is 9.50. The molecule has 0 saturated carbocycles. The lowest BCUT2D eigenvalue weighted by Gasteiger charge is -2.12. The predicted molar refractivity (Wildman–Crippen MR) is 108 cm³/mol. The van der Waals surface area contributed by atoms with Gasteiger partial charge in [-0.2, -0.15) is 0 Å². The maximum Gasteiger partial charge on any atom is 0.237 e. The summed E-state index contributed by atoms with van der Waals surface area (Å²) in [5.41, 5.74) is 1.59. The summed E-state index contributed by atoms with van der Waals surface area (Å²) < 4.78 is 7.05. The standard InChI is InChI=1S/C19H19ClN4O2S/c1-12(18(25)21-15-6-4-5-14(20)11-15)27-19-23-22-17(24(19)2)13-7-9-16(26-3)10-8-13/h4-12H,1-3H3,(H,21,25)/t12-/m1/s1. The number of aromatic nitrogens is 3. The minimum absolute atomic E-state index is 0.128. The number of amides is 1. The first-order chi connectivity index (χ1) is 13.0. The van der Waals surface area contributed by atoms with Crippen molar-refractivity contribution in [3.63, 3.8) is 0 Å². The van der Waals surface area contributed by atoms with Gasteiger partial charge in [0.25, 0.3) is 0 Å². The van der Waals surface area contributed by atoms with Gasteiger partial charge >= 0.3 is 0 Å². The zero-order chi connectivity index (χ0) is 19.4. The van der Waals surface area contributed by atoms with Gasteiger partial charge in [-0.1, -0.05) is 29.4 Å². The summed E-state index contributed by atoms with van der Waals surface area (Å²) in [6.45, 7) is 1.83. The molecule has 2 aromatic carbocycles. The number of nitrogens with zero attached hydrogens (tertiary/aromatic N) is 3. The van der Waals surface area contributed by atoms with Crippen molar-refractivity contribution in [1.29, 1.82) is 0 Å². The van der Waals surface area contributed by atoms with Crippen LogP contribution in [-0.2, 0) is 11.8 Å². The van der Waals surface area contributed by atoms with E-state index < -0.39 is 0 Å². The third-order valence-electron chi connectivity index (χ3n) is 3.93. The Labute approximate surface area is 166 Å². The highest BCUT2D eigenvalue weighted by Crippen LogP contribution is 2.27. The van der Waals surface area contributed by atoms with Gasteiger partial charge < -0.3 is 14.6 Å². The number of rotatable bonds is 6. The lowest BCUT2D eigenvalue weighted by atomic mass is 10.2. The topological polar surface area (TPSA) is 69.0 Å². The van der Waals surface area contributed by atoms with Crippen molar-refractivity contribution in [3.8, 4) is 17.1 Å². The summed E-state index contributed by atoms with van der Waals surface area (Å²) in [6, 6.07) is 14.6. The molecule has 0 fully saturated rings. The summed E-state index contributed by atoms with van der Waals surface area (Å²) in [4.78, 5) is 12.4. The Hall–Kier alpha value is -2.51. The second-order valence-corrected chi connectivity index (χ2v) is 7.60. The first-order valence-electron chi connectivity index (χ1n) is 8.25. The summed E-state index contributed by atoms with van der Waals surface area (Å²) in [6.07, 6.45) is 0. The van der Waals surface area contributed by atoms with E-state index in [0.717, 1.165) is 17.1 Å². The van der Waals surface area contributed by atoms with E-state index in [2.05, 4.69) is 15.5 Å². The molecule has 3 aromatic rings. The maximum atomic E-state index is 12.4. The zero-order valence-corrected chi connectivity index (χ0v) is 16.7. The highest BCUT2D eigenvalue weighted by Gasteiger charge is 2.19. The number of anilines is 1. The largest absolute Gasteiger partial charge is 0.497 e. The van der Waals surface area contributed by atoms with E-state index in [9.17, 15) is 4.79 Å². The normalized spacial score (nSPS) is 11.9. The molecule has 0 aliphatic heterocycles. The molecule has 140 valence electrons. The van der Waals surface area contributed by atoms with Gasteiger partial charge in [-0.15, -0.1) is 10.2 Å². The molecule has 8 heteroatoms. The molecule has 0 aliphatic rings. The highest BCUT2D eigenvalue weighted by atomic mass is 35.5. The Bertz CT molecular complexity index is 943. The van der Waals surface area contributed by atoms with Crippen LogP contribution < -0.4 is 10.1 Å². The van der Waals surface area contributed by atoms with Gasteiger partial charge in [-0.05, 0) is 49.4 Å². The van der Waals surface area contributed by atoms with Crippen LogP contribution in [0.4, 0.5) is 5.69 Å². The highest BCUT2D eigenvalue weighted by molar-refractivity contribution is 8.00. The number of halogens is 1. The summed E-state index contributed by atoms with van der Waals surface area (Å²) in [5.74, 6) is 1.38. The molecule has 0 unspecified atom stereocenters. The van der Waals surface area contributed by atoms with Crippen LogP contribution >= 0.6 is 23.4 Å². The Morgan fingerprint density at radius 2 is 1.96 bits per heavy atom. The van der Waals surface area contributed by atoms with E-state index in [1.807, 2.05) is 42.8 Å². The summed E-state index contributed by atoms with van der Waals surface area (Å²) in [5, 5.41) is 12.2. The van der Waals surface area contributed by atoms with Crippen LogP contribution in [0.3, 0.4) is 0 Å². The Morgan fingerprint density at radius 3 is 2.63 bits per heavy atom. The monoisotopic (exact) mass is 402 g/mol. The van der Waals surface area contributed by atoms with E-state index in [1.54, 1.807) is 31.4 Å². The van der Waals surface area contributed by atoms with E-state index in [-0.39, 0.29) is 11.2 Å². The van der Waals surface area contributed by atoms with Crippen LogP contribution in [-0.4, -0.2) is 33.0 Å². The Morgan fingerprint density at radius 1 is 1.22 bits per heavy atom. The second kappa shape index (κ2) is 8.45. The van der Waals surface area contributed by atoms with Crippen molar-refractivity contribution in [2.45, 2.75) is 17.3 Å². The van der Waals surface area contributed by atoms with Gasteiger partial charge in [0.05, 0.1) is 12.4 Å². The van der Waals surface area contributed by atoms with E-state index in [1.165, 1.54) is 11.8 Å². The molecule has 6 nitrogen and oxygen atoms in total. The second-order valence-electron chi connectivity index (χ2n) is 5.85. The van der Waals surface area contributed by atoms with Crippen molar-refractivity contribution in [2.75, 3.05) is 12.4 Å². The van der Waals surface area contributed by atoms with Crippen LogP contribution in [0, 0.1) is 0 Å². The van der Waals surface area contributed by atoms with Crippen LogP contribution in [0.15, 0.2) is 53.7 Å². The fraction of sp³-hybridized carbons (Fsp3) is 0.211. The number of carbonyl (C=O) groups is 1. The Kier molecular flexibility index (Phi) is 6.03. The fourth-order valence-corrected chi connectivity index (χ4v) is 3.44. The number of nitrogens with one attached hydrogen (secondary N) is 1. The van der Waals surface area contributed by atoms with Crippen molar-refractivity contribution < 1.29 is 9.53 Å². The predicted octanol–water partition coefficient (Wildman–Crippen LogP) is 4.26. The molecule has 0 aliphatic carbocycles. The number of hydrogen-bond acceptors (Lipinski definition) is 5. The number of thioether (sulfide) groups is 1. The van der Waals surface area contributed by atoms with Gasteiger partial charge in [-0.25, -0.2) is 0 Å². The lowest BCUT2D eigenvalue weighted by Crippen LogP contribution is -2.22. The van der Waals surface area contributed by atoms with Crippen molar-refractivity contribution >= 4 is 35.0 Å². The molecule has 0 radical (unpaired) electrons. The molecule has 1 amide bonds. The number of ether oxygens (including phenoxy) is 1. The van der Waals surface area contributed by atoms with Gasteiger partial charge in [0.15, 0.2) is 11.0 Å². The SMILES string of the molecule is COc1ccc(-c2nnc(S[C@H](C)C(=O)Nc3cccc(Cl)c3)n2C)cc1. The molecule has 0 saturated heterocycles. The Balaban J connectivity index is 1.70. The number of carbonyl (C=O) groups excluding carboxylic acids is 1. The van der Waals surface area contributed by atoms with E-state index in [4.69, 9.17) is 16.3 Å². The lowest BCUT2D eigenvalue weighted by molar-refractivity contribution is -0.115. The smallest absolute Gasteiger partial charge is 0.237 e. The molecule has 1 N–H and O–H groups in total. The van der Waals surface area contributed by atoms with Gasteiger partial charge in [-0.3, -0.25) is 4.79 Å². The quantitative estimate of drug-likeness (QED) is 0.624. The molecule has 1 heterocycles. The first kappa shape index (κ1) is 19.3. The molecule has 0 bridgehead atoms. The van der Waals surface area contributed by atoms with Gasteiger partial charge in [0, 0.05) is 23.3 Å². The minimum Gasteiger partial charge on any atom is -0.497 e. The van der Waals surface area contributed by atoms with E-state index in [0.29, 0.717) is 15.9 Å². The van der Waals surface area contributed by atoms with Crippen molar-refractivity contribution in [1.82, 2.24) is 14.8 Å². The van der Waals surface area contributed by atoms with Crippen molar-refractivity contribution in [2.24, 2.45) is 7.05 Å². The molecular formula is C19H19ClN4O2S. The zero-order valence-electron chi connectivity index (χ0n) is 15.1. The van der Waals surface area contributed by atoms with E-state index >= 15 is 0 Å². The number of hydrogen-bond donors (Lipinski definition) is 1. The molecule has 1 atom stereocenters. The third kappa shape index (κ3) is 4.61. The summed E-state index contributed by atoms with van der Waals surface area (Å²) >= 11 is 7.30.